The van der Waals surface area contributed by atoms with Crippen LogP contribution in [0, 0.1) is 0 Å². The van der Waals surface area contributed by atoms with E-state index in [1.54, 1.807) is 6.20 Å². The van der Waals surface area contributed by atoms with Crippen molar-refractivity contribution >= 4 is 5.82 Å². The van der Waals surface area contributed by atoms with Crippen LogP contribution in [0.1, 0.15) is 12.1 Å². The summed E-state index contributed by atoms with van der Waals surface area (Å²) in [6.45, 7) is 2.75. The lowest BCUT2D eigenvalue weighted by Crippen LogP contribution is -2.28. The third-order valence-corrected chi connectivity index (χ3v) is 2.41. The van der Waals surface area contributed by atoms with E-state index in [2.05, 4.69) is 32.3 Å². The molecule has 0 fully saturated rings. The number of hydrogen-bond acceptors (Lipinski definition) is 4. The second kappa shape index (κ2) is 4.89. The summed E-state index contributed by atoms with van der Waals surface area (Å²) >= 11 is 0. The van der Waals surface area contributed by atoms with Gasteiger partial charge in [-0.3, -0.25) is 4.98 Å². The summed E-state index contributed by atoms with van der Waals surface area (Å²) in [6.07, 6.45) is 9.12. The first kappa shape index (κ1) is 10.1. The van der Waals surface area contributed by atoms with E-state index in [0.29, 0.717) is 0 Å². The van der Waals surface area contributed by atoms with Gasteiger partial charge >= 0.3 is 0 Å². The van der Waals surface area contributed by atoms with Crippen LogP contribution in [0.25, 0.3) is 0 Å². The van der Waals surface area contributed by atoms with Gasteiger partial charge in [-0.05, 0) is 13.5 Å². The SMILES string of the molecule is CNCc1cncc(N2CC=CCC2)n1. The molecule has 0 aliphatic carbocycles. The van der Waals surface area contributed by atoms with Crippen LogP contribution in [0.4, 0.5) is 5.82 Å². The van der Waals surface area contributed by atoms with Crippen LogP contribution >= 0.6 is 0 Å². The first-order chi connectivity index (χ1) is 7.40. The summed E-state index contributed by atoms with van der Waals surface area (Å²) < 4.78 is 0. The Labute approximate surface area is 90.0 Å². The number of aromatic nitrogens is 2. The Balaban J connectivity index is 2.13. The molecule has 0 saturated carbocycles. The largest absolute Gasteiger partial charge is 0.351 e. The van der Waals surface area contributed by atoms with E-state index in [1.165, 1.54) is 0 Å². The molecule has 1 aliphatic heterocycles. The molecular weight excluding hydrogens is 188 g/mol. The Kier molecular flexibility index (Phi) is 3.29. The van der Waals surface area contributed by atoms with Crippen LogP contribution in [0.2, 0.25) is 0 Å². The number of rotatable bonds is 3. The van der Waals surface area contributed by atoms with Crippen LogP contribution in [-0.4, -0.2) is 30.1 Å². The van der Waals surface area contributed by atoms with E-state index in [9.17, 15) is 0 Å². The maximum Gasteiger partial charge on any atom is 0.147 e. The summed E-state index contributed by atoms with van der Waals surface area (Å²) in [5.74, 6) is 0.979. The van der Waals surface area contributed by atoms with Crippen LogP contribution in [0.15, 0.2) is 24.5 Å². The van der Waals surface area contributed by atoms with Gasteiger partial charge in [0.1, 0.15) is 5.82 Å². The monoisotopic (exact) mass is 204 g/mol. The number of nitrogens with zero attached hydrogens (tertiary/aromatic N) is 3. The van der Waals surface area contributed by atoms with E-state index in [0.717, 1.165) is 37.6 Å². The summed E-state index contributed by atoms with van der Waals surface area (Å²) in [4.78, 5) is 11.0. The normalized spacial score (nSPS) is 15.7. The lowest BCUT2D eigenvalue weighted by Gasteiger charge is -2.24. The molecule has 0 spiro atoms. The van der Waals surface area contributed by atoms with E-state index < -0.39 is 0 Å². The molecule has 4 nitrogen and oxygen atoms in total. The number of hydrogen-bond donors (Lipinski definition) is 1. The minimum atomic E-state index is 0.768. The van der Waals surface area contributed by atoms with Crippen LogP contribution in [-0.2, 0) is 6.54 Å². The smallest absolute Gasteiger partial charge is 0.147 e. The highest BCUT2D eigenvalue weighted by atomic mass is 15.2. The summed E-state index contributed by atoms with van der Waals surface area (Å²) in [6, 6.07) is 0. The zero-order valence-corrected chi connectivity index (χ0v) is 8.98. The molecular formula is C11H16N4. The Morgan fingerprint density at radius 2 is 2.33 bits per heavy atom. The van der Waals surface area contributed by atoms with Gasteiger partial charge in [-0.2, -0.15) is 0 Å². The second-order valence-electron chi connectivity index (χ2n) is 3.61. The minimum absolute atomic E-state index is 0.768. The molecule has 1 aromatic rings. The van der Waals surface area contributed by atoms with Gasteiger partial charge in [-0.15, -0.1) is 0 Å². The van der Waals surface area contributed by atoms with Gasteiger partial charge in [0, 0.05) is 25.8 Å². The maximum absolute atomic E-state index is 4.55. The highest BCUT2D eigenvalue weighted by Gasteiger charge is 2.09. The Morgan fingerprint density at radius 3 is 3.07 bits per heavy atom. The first-order valence-electron chi connectivity index (χ1n) is 5.25. The van der Waals surface area contributed by atoms with Gasteiger partial charge in [-0.1, -0.05) is 12.2 Å². The van der Waals surface area contributed by atoms with Crippen molar-refractivity contribution in [2.24, 2.45) is 0 Å². The van der Waals surface area contributed by atoms with Crippen molar-refractivity contribution in [2.75, 3.05) is 25.0 Å². The van der Waals surface area contributed by atoms with Crippen molar-refractivity contribution in [2.45, 2.75) is 13.0 Å². The molecule has 1 aliphatic rings. The quantitative estimate of drug-likeness (QED) is 0.745. The standard InChI is InChI=1S/C11H16N4/c1-12-7-10-8-13-9-11(14-10)15-5-3-2-4-6-15/h2-3,8-9,12H,4-7H2,1H3. The fourth-order valence-electron chi connectivity index (χ4n) is 1.66. The molecule has 2 rings (SSSR count). The van der Waals surface area contributed by atoms with Gasteiger partial charge in [0.25, 0.3) is 0 Å². The average Bonchev–Trinajstić information content (AvgIpc) is 2.31. The zero-order chi connectivity index (χ0) is 10.5. The third kappa shape index (κ3) is 2.53. The Hall–Kier alpha value is -1.42. The van der Waals surface area contributed by atoms with Gasteiger partial charge in [0.05, 0.1) is 11.9 Å². The van der Waals surface area contributed by atoms with Crippen molar-refractivity contribution in [3.8, 4) is 0 Å². The van der Waals surface area contributed by atoms with Crippen molar-refractivity contribution in [1.82, 2.24) is 15.3 Å². The first-order valence-corrected chi connectivity index (χ1v) is 5.25. The average molecular weight is 204 g/mol. The summed E-state index contributed by atoms with van der Waals surface area (Å²) in [7, 11) is 1.91. The van der Waals surface area contributed by atoms with E-state index in [1.807, 2.05) is 13.2 Å². The predicted octanol–water partition coefficient (Wildman–Crippen LogP) is 0.962. The molecule has 0 amide bonds. The predicted molar refractivity (Wildman–Crippen MR) is 60.8 cm³/mol. The zero-order valence-electron chi connectivity index (χ0n) is 8.98. The fraction of sp³-hybridized carbons (Fsp3) is 0.455. The van der Waals surface area contributed by atoms with Crippen molar-refractivity contribution < 1.29 is 0 Å². The lowest BCUT2D eigenvalue weighted by atomic mass is 10.2. The van der Waals surface area contributed by atoms with Crippen LogP contribution in [0.5, 0.6) is 0 Å². The Bertz CT molecular complexity index is 348. The molecule has 0 unspecified atom stereocenters. The number of nitrogens with one attached hydrogen (secondary N) is 1. The second-order valence-corrected chi connectivity index (χ2v) is 3.61. The van der Waals surface area contributed by atoms with Crippen LogP contribution in [0.3, 0.4) is 0 Å². The molecule has 0 atom stereocenters. The number of anilines is 1. The summed E-state index contributed by atoms with van der Waals surface area (Å²) in [5, 5.41) is 3.08. The van der Waals surface area contributed by atoms with E-state index in [-0.39, 0.29) is 0 Å². The van der Waals surface area contributed by atoms with Gasteiger partial charge in [-0.25, -0.2) is 4.98 Å². The molecule has 80 valence electrons. The molecule has 0 aromatic carbocycles. The molecule has 0 bridgehead atoms. The molecule has 15 heavy (non-hydrogen) atoms. The molecule has 1 aromatic heterocycles. The third-order valence-electron chi connectivity index (χ3n) is 2.41. The van der Waals surface area contributed by atoms with Crippen molar-refractivity contribution in [3.63, 3.8) is 0 Å². The van der Waals surface area contributed by atoms with Crippen molar-refractivity contribution in [1.29, 1.82) is 0 Å². The van der Waals surface area contributed by atoms with Crippen molar-refractivity contribution in [3.05, 3.63) is 30.2 Å². The van der Waals surface area contributed by atoms with Crippen LogP contribution < -0.4 is 10.2 Å². The van der Waals surface area contributed by atoms with E-state index >= 15 is 0 Å². The van der Waals surface area contributed by atoms with Gasteiger partial charge in [0.15, 0.2) is 0 Å². The molecule has 0 saturated heterocycles. The topological polar surface area (TPSA) is 41.1 Å². The minimum Gasteiger partial charge on any atom is -0.351 e. The fourth-order valence-corrected chi connectivity index (χ4v) is 1.66. The van der Waals surface area contributed by atoms with Gasteiger partial charge < -0.3 is 10.2 Å². The molecule has 0 radical (unpaired) electrons. The molecule has 1 N–H and O–H groups in total. The highest BCUT2D eigenvalue weighted by Crippen LogP contribution is 2.12. The van der Waals surface area contributed by atoms with E-state index in [4.69, 9.17) is 0 Å². The summed E-state index contributed by atoms with van der Waals surface area (Å²) in [5.41, 5.74) is 0.990. The highest BCUT2D eigenvalue weighted by molar-refractivity contribution is 5.38. The lowest BCUT2D eigenvalue weighted by molar-refractivity contribution is 0.759. The molecule has 2 heterocycles. The Morgan fingerprint density at radius 1 is 1.40 bits per heavy atom. The molecule has 4 heteroatoms. The maximum atomic E-state index is 4.55. The van der Waals surface area contributed by atoms with Gasteiger partial charge in [0.2, 0.25) is 0 Å².